The first-order valence-electron chi connectivity index (χ1n) is 5.08. The lowest BCUT2D eigenvalue weighted by molar-refractivity contribution is 0.398. The molecule has 0 amide bonds. The minimum absolute atomic E-state index is 0.200. The second kappa shape index (κ2) is 4.36. The summed E-state index contributed by atoms with van der Waals surface area (Å²) in [6.07, 6.45) is 0.919. The maximum absolute atomic E-state index is 9.68. The van der Waals surface area contributed by atoms with Crippen LogP contribution in [0.1, 0.15) is 38.7 Å². The predicted octanol–water partition coefficient (Wildman–Crippen LogP) is 3.25. The van der Waals surface area contributed by atoms with E-state index in [1.807, 2.05) is 0 Å². The normalized spacial score (nSPS) is 13.1. The summed E-state index contributed by atoms with van der Waals surface area (Å²) in [5.74, 6) is 1.03. The molecule has 2 nitrogen and oxygen atoms in total. The van der Waals surface area contributed by atoms with Gasteiger partial charge in [-0.15, -0.1) is 0 Å². The van der Waals surface area contributed by atoms with Crippen molar-refractivity contribution in [3.8, 4) is 11.5 Å². The Balaban J connectivity index is 3.15. The highest BCUT2D eigenvalue weighted by Gasteiger charge is 2.20. The number of hydrogen-bond acceptors (Lipinski definition) is 2. The molecule has 0 saturated carbocycles. The summed E-state index contributed by atoms with van der Waals surface area (Å²) in [7, 11) is 0. The average molecular weight is 194 g/mol. The Kier molecular flexibility index (Phi) is 3.39. The van der Waals surface area contributed by atoms with Crippen molar-refractivity contribution < 1.29 is 10.2 Å². The van der Waals surface area contributed by atoms with Crippen LogP contribution in [0.3, 0.4) is 0 Å². The zero-order chi connectivity index (χ0) is 10.7. The summed E-state index contributed by atoms with van der Waals surface area (Å²) in [5, 5.41) is 19.4. The molecule has 0 heterocycles. The third kappa shape index (κ3) is 2.00. The maximum Gasteiger partial charge on any atom is 0.122 e. The van der Waals surface area contributed by atoms with Gasteiger partial charge >= 0.3 is 0 Å². The zero-order valence-electron chi connectivity index (χ0n) is 8.99. The molecule has 0 fully saturated rings. The number of hydrogen-bond donors (Lipinski definition) is 2. The lowest BCUT2D eigenvalue weighted by atomic mass is 9.85. The first-order chi connectivity index (χ1) is 6.57. The molecule has 2 heteroatoms. The van der Waals surface area contributed by atoms with Crippen molar-refractivity contribution >= 4 is 0 Å². The minimum atomic E-state index is 0.200. The summed E-state index contributed by atoms with van der Waals surface area (Å²) >= 11 is 0. The third-order valence-electron chi connectivity index (χ3n) is 2.68. The monoisotopic (exact) mass is 194 g/mol. The molecule has 78 valence electrons. The van der Waals surface area contributed by atoms with Gasteiger partial charge in [-0.05, 0) is 30.4 Å². The van der Waals surface area contributed by atoms with Gasteiger partial charge in [-0.2, -0.15) is 0 Å². The smallest absolute Gasteiger partial charge is 0.122 e. The molecule has 0 spiro atoms. The zero-order valence-corrected chi connectivity index (χ0v) is 8.99. The largest absolute Gasteiger partial charge is 0.508 e. The molecule has 14 heavy (non-hydrogen) atoms. The van der Waals surface area contributed by atoms with Crippen LogP contribution in [0.5, 0.6) is 11.5 Å². The maximum atomic E-state index is 9.68. The van der Waals surface area contributed by atoms with Gasteiger partial charge in [-0.3, -0.25) is 0 Å². The van der Waals surface area contributed by atoms with Crippen molar-refractivity contribution in [3.63, 3.8) is 0 Å². The Morgan fingerprint density at radius 3 is 2.00 bits per heavy atom. The van der Waals surface area contributed by atoms with Gasteiger partial charge in [0, 0.05) is 5.56 Å². The van der Waals surface area contributed by atoms with Gasteiger partial charge in [-0.1, -0.05) is 26.8 Å². The lowest BCUT2D eigenvalue weighted by Gasteiger charge is -2.21. The molecular formula is C12H18O2. The van der Waals surface area contributed by atoms with Crippen molar-refractivity contribution in [3.05, 3.63) is 23.8 Å². The van der Waals surface area contributed by atoms with Crippen molar-refractivity contribution in [1.82, 2.24) is 0 Å². The average Bonchev–Trinajstić information content (AvgIpc) is 2.10. The number of phenols is 2. The summed E-state index contributed by atoms with van der Waals surface area (Å²) in [5.41, 5.74) is 0.685. The fraction of sp³-hybridized carbons (Fsp3) is 0.500. The Morgan fingerprint density at radius 2 is 1.64 bits per heavy atom. The van der Waals surface area contributed by atoms with Crippen molar-refractivity contribution in [2.75, 3.05) is 0 Å². The van der Waals surface area contributed by atoms with Gasteiger partial charge < -0.3 is 10.2 Å². The molecule has 0 saturated heterocycles. The third-order valence-corrected chi connectivity index (χ3v) is 2.68. The summed E-state index contributed by atoms with van der Waals surface area (Å²) < 4.78 is 0. The first-order valence-corrected chi connectivity index (χ1v) is 5.08. The topological polar surface area (TPSA) is 40.5 Å². The fourth-order valence-electron chi connectivity index (χ4n) is 1.93. The molecule has 1 atom stereocenters. The Hall–Kier alpha value is -1.18. The van der Waals surface area contributed by atoms with Crippen molar-refractivity contribution in [2.45, 2.75) is 33.1 Å². The van der Waals surface area contributed by atoms with E-state index in [1.54, 1.807) is 18.2 Å². The molecule has 1 aromatic rings. The van der Waals surface area contributed by atoms with Crippen LogP contribution >= 0.6 is 0 Å². The van der Waals surface area contributed by atoms with Crippen LogP contribution in [0.15, 0.2) is 18.2 Å². The molecule has 2 N–H and O–H groups in total. The van der Waals surface area contributed by atoms with E-state index in [9.17, 15) is 10.2 Å². The van der Waals surface area contributed by atoms with Crippen molar-refractivity contribution in [1.29, 1.82) is 0 Å². The van der Waals surface area contributed by atoms with E-state index < -0.39 is 0 Å². The quantitative estimate of drug-likeness (QED) is 0.775. The van der Waals surface area contributed by atoms with E-state index in [0.717, 1.165) is 6.42 Å². The van der Waals surface area contributed by atoms with E-state index in [4.69, 9.17) is 0 Å². The second-order valence-electron chi connectivity index (χ2n) is 3.97. The number of rotatable bonds is 3. The standard InChI is InChI=1S/C12H18O2/c1-4-9(8(2)3)12-10(13)6-5-7-11(12)14/h5-9,13-14H,4H2,1-3H3. The van der Waals surface area contributed by atoms with Gasteiger partial charge in [0.1, 0.15) is 11.5 Å². The molecule has 1 rings (SSSR count). The van der Waals surface area contributed by atoms with Gasteiger partial charge in [0.25, 0.3) is 0 Å². The molecule has 0 aliphatic heterocycles. The Bertz CT molecular complexity index is 285. The van der Waals surface area contributed by atoms with Crippen LogP contribution in [-0.4, -0.2) is 10.2 Å². The SMILES string of the molecule is CCC(c1c(O)cccc1O)C(C)C. The van der Waals surface area contributed by atoms with Gasteiger partial charge in [0.15, 0.2) is 0 Å². The molecule has 0 aliphatic rings. The van der Waals surface area contributed by atoms with Gasteiger partial charge in [0.2, 0.25) is 0 Å². The van der Waals surface area contributed by atoms with E-state index in [1.165, 1.54) is 0 Å². The molecule has 0 aromatic heterocycles. The highest BCUT2D eigenvalue weighted by atomic mass is 16.3. The predicted molar refractivity (Wildman–Crippen MR) is 57.6 cm³/mol. The van der Waals surface area contributed by atoms with E-state index in [-0.39, 0.29) is 17.4 Å². The first kappa shape index (κ1) is 10.9. The van der Waals surface area contributed by atoms with Crippen LogP contribution in [0.25, 0.3) is 0 Å². The molecule has 1 unspecified atom stereocenters. The van der Waals surface area contributed by atoms with E-state index in [0.29, 0.717) is 11.5 Å². The summed E-state index contributed by atoms with van der Waals surface area (Å²) in [6, 6.07) is 4.90. The van der Waals surface area contributed by atoms with Crippen molar-refractivity contribution in [2.24, 2.45) is 5.92 Å². The Morgan fingerprint density at radius 1 is 1.14 bits per heavy atom. The van der Waals surface area contributed by atoms with E-state index in [2.05, 4.69) is 20.8 Å². The van der Waals surface area contributed by atoms with Crippen LogP contribution < -0.4 is 0 Å². The van der Waals surface area contributed by atoms with Crippen LogP contribution in [0.2, 0.25) is 0 Å². The lowest BCUT2D eigenvalue weighted by Crippen LogP contribution is -2.05. The second-order valence-corrected chi connectivity index (χ2v) is 3.97. The fourth-order valence-corrected chi connectivity index (χ4v) is 1.93. The number of aromatic hydroxyl groups is 2. The Labute approximate surface area is 85.2 Å². The summed E-state index contributed by atoms with van der Waals surface area (Å²) in [4.78, 5) is 0. The molecule has 0 aliphatic carbocycles. The molecule has 0 radical (unpaired) electrons. The molecule has 1 aromatic carbocycles. The van der Waals surface area contributed by atoms with Gasteiger partial charge in [0.05, 0.1) is 0 Å². The summed E-state index contributed by atoms with van der Waals surface area (Å²) in [6.45, 7) is 6.26. The number of phenolic OH excluding ortho intramolecular Hbond substituents is 2. The highest BCUT2D eigenvalue weighted by molar-refractivity contribution is 5.45. The van der Waals surface area contributed by atoms with E-state index >= 15 is 0 Å². The van der Waals surface area contributed by atoms with Crippen LogP contribution in [-0.2, 0) is 0 Å². The number of benzene rings is 1. The highest BCUT2D eigenvalue weighted by Crippen LogP contribution is 2.39. The molecule has 0 bridgehead atoms. The van der Waals surface area contributed by atoms with Gasteiger partial charge in [-0.25, -0.2) is 0 Å². The van der Waals surface area contributed by atoms with Crippen LogP contribution in [0, 0.1) is 5.92 Å². The molecular weight excluding hydrogens is 176 g/mol. The minimum Gasteiger partial charge on any atom is -0.508 e. The van der Waals surface area contributed by atoms with Crippen LogP contribution in [0.4, 0.5) is 0 Å².